The number of aromatic hydroxyl groups is 1. The maximum atomic E-state index is 12.5. The van der Waals surface area contributed by atoms with Crippen molar-refractivity contribution in [1.29, 1.82) is 0 Å². The van der Waals surface area contributed by atoms with E-state index in [0.29, 0.717) is 6.61 Å². The highest BCUT2D eigenvalue weighted by Crippen LogP contribution is 2.12. The minimum atomic E-state index is -0.867. The average molecular weight is 399 g/mol. The Bertz CT molecular complexity index is 746. The van der Waals surface area contributed by atoms with Gasteiger partial charge in [0.1, 0.15) is 18.4 Å². The number of carbonyl (C=O) groups is 2. The minimum Gasteiger partial charge on any atom is -0.508 e. The van der Waals surface area contributed by atoms with E-state index in [9.17, 15) is 14.7 Å². The Morgan fingerprint density at radius 1 is 0.931 bits per heavy atom. The number of hydrogen-bond donors (Lipinski definition) is 2. The summed E-state index contributed by atoms with van der Waals surface area (Å²) in [7, 11) is 0. The van der Waals surface area contributed by atoms with Gasteiger partial charge in [0, 0.05) is 6.42 Å². The second-order valence-corrected chi connectivity index (χ2v) is 6.86. The lowest BCUT2D eigenvalue weighted by molar-refractivity contribution is -0.146. The van der Waals surface area contributed by atoms with Gasteiger partial charge in [0.2, 0.25) is 0 Å². The maximum absolute atomic E-state index is 12.5. The zero-order valence-corrected chi connectivity index (χ0v) is 16.8. The van der Waals surface area contributed by atoms with E-state index in [2.05, 4.69) is 12.2 Å². The molecule has 2 N–H and O–H groups in total. The lowest BCUT2D eigenvalue weighted by atomic mass is 10.1. The van der Waals surface area contributed by atoms with Crippen molar-refractivity contribution in [2.24, 2.45) is 0 Å². The number of benzene rings is 2. The van der Waals surface area contributed by atoms with Gasteiger partial charge in [-0.1, -0.05) is 68.7 Å². The molecule has 0 saturated carbocycles. The summed E-state index contributed by atoms with van der Waals surface area (Å²) in [5, 5.41) is 12.0. The Labute approximate surface area is 171 Å². The Hall–Kier alpha value is -3.02. The number of rotatable bonds is 11. The number of phenolic OH excluding ortho intramolecular Hbond substituents is 1. The quantitative estimate of drug-likeness (QED) is 0.433. The third kappa shape index (κ3) is 8.68. The second kappa shape index (κ2) is 12.4. The molecule has 156 valence electrons. The van der Waals surface area contributed by atoms with Crippen LogP contribution in [-0.2, 0) is 27.3 Å². The van der Waals surface area contributed by atoms with E-state index in [1.54, 1.807) is 12.1 Å². The smallest absolute Gasteiger partial charge is 0.408 e. The average Bonchev–Trinajstić information content (AvgIpc) is 2.74. The van der Waals surface area contributed by atoms with Crippen LogP contribution in [0, 0.1) is 0 Å². The summed E-state index contributed by atoms with van der Waals surface area (Å²) >= 11 is 0. The molecule has 0 aliphatic rings. The number of nitrogens with one attached hydrogen (secondary N) is 1. The zero-order valence-electron chi connectivity index (χ0n) is 16.8. The molecular formula is C23H29NO5. The van der Waals surface area contributed by atoms with Gasteiger partial charge in [-0.15, -0.1) is 0 Å². The molecule has 2 aromatic rings. The molecule has 2 aromatic carbocycles. The predicted octanol–water partition coefficient (Wildman–Crippen LogP) is 4.35. The molecule has 0 aliphatic heterocycles. The molecule has 1 atom stereocenters. The topological polar surface area (TPSA) is 84.9 Å². The van der Waals surface area contributed by atoms with Crippen molar-refractivity contribution in [1.82, 2.24) is 5.32 Å². The van der Waals surface area contributed by atoms with E-state index in [1.807, 2.05) is 30.3 Å². The molecule has 0 saturated heterocycles. The molecule has 0 bridgehead atoms. The van der Waals surface area contributed by atoms with Gasteiger partial charge < -0.3 is 19.9 Å². The van der Waals surface area contributed by atoms with E-state index in [4.69, 9.17) is 9.47 Å². The van der Waals surface area contributed by atoms with Crippen LogP contribution < -0.4 is 5.32 Å². The number of carbonyl (C=O) groups excluding carboxylic acids is 2. The number of phenols is 1. The number of hydrogen-bond acceptors (Lipinski definition) is 5. The number of ether oxygens (including phenoxy) is 2. The predicted molar refractivity (Wildman–Crippen MR) is 110 cm³/mol. The van der Waals surface area contributed by atoms with Gasteiger partial charge >= 0.3 is 12.1 Å². The van der Waals surface area contributed by atoms with Crippen molar-refractivity contribution in [2.45, 2.75) is 51.7 Å². The fourth-order valence-corrected chi connectivity index (χ4v) is 2.77. The van der Waals surface area contributed by atoms with Crippen molar-refractivity contribution in [3.63, 3.8) is 0 Å². The first kappa shape index (κ1) is 22.3. The third-order valence-corrected chi connectivity index (χ3v) is 4.41. The largest absolute Gasteiger partial charge is 0.508 e. The molecule has 1 amide bonds. The van der Waals surface area contributed by atoms with Gasteiger partial charge in [0.25, 0.3) is 0 Å². The van der Waals surface area contributed by atoms with Crippen LogP contribution in [-0.4, -0.2) is 29.8 Å². The number of unbranched alkanes of at least 4 members (excludes halogenated alkanes) is 3. The number of esters is 1. The highest BCUT2D eigenvalue weighted by molar-refractivity contribution is 5.81. The van der Waals surface area contributed by atoms with E-state index in [-0.39, 0.29) is 18.8 Å². The molecule has 1 unspecified atom stereocenters. The standard InChI is InChI=1S/C23H29NO5/c1-2-3-4-8-15-28-22(26)21(16-18-11-13-20(25)14-12-18)24-23(27)29-17-19-9-6-5-7-10-19/h5-7,9-14,21,25H,2-4,8,15-17H2,1H3,(H,24,27). The van der Waals surface area contributed by atoms with Gasteiger partial charge in [0.15, 0.2) is 0 Å². The first-order valence-electron chi connectivity index (χ1n) is 10.00. The first-order chi connectivity index (χ1) is 14.1. The molecule has 0 aliphatic carbocycles. The molecule has 0 fully saturated rings. The van der Waals surface area contributed by atoms with Gasteiger partial charge in [-0.3, -0.25) is 0 Å². The molecule has 6 heteroatoms. The highest BCUT2D eigenvalue weighted by Gasteiger charge is 2.23. The van der Waals surface area contributed by atoms with Crippen LogP contribution >= 0.6 is 0 Å². The zero-order chi connectivity index (χ0) is 20.9. The molecule has 0 aromatic heterocycles. The molecule has 0 radical (unpaired) electrons. The summed E-state index contributed by atoms with van der Waals surface area (Å²) in [4.78, 5) is 24.7. The van der Waals surface area contributed by atoms with E-state index >= 15 is 0 Å². The number of alkyl carbamates (subject to hydrolysis) is 1. The summed E-state index contributed by atoms with van der Waals surface area (Å²) in [5.41, 5.74) is 1.65. The van der Waals surface area contributed by atoms with E-state index in [0.717, 1.165) is 36.8 Å². The fourth-order valence-electron chi connectivity index (χ4n) is 2.77. The van der Waals surface area contributed by atoms with Gasteiger partial charge in [-0.05, 0) is 29.7 Å². The molecule has 6 nitrogen and oxygen atoms in total. The Kier molecular flexibility index (Phi) is 9.55. The van der Waals surface area contributed by atoms with Crippen molar-refractivity contribution in [3.8, 4) is 5.75 Å². The van der Waals surface area contributed by atoms with Crippen molar-refractivity contribution < 1.29 is 24.2 Å². The van der Waals surface area contributed by atoms with Crippen LogP contribution in [0.3, 0.4) is 0 Å². The molecule has 29 heavy (non-hydrogen) atoms. The Morgan fingerprint density at radius 2 is 1.66 bits per heavy atom. The van der Waals surface area contributed by atoms with Gasteiger partial charge in [-0.2, -0.15) is 0 Å². The van der Waals surface area contributed by atoms with Crippen LogP contribution in [0.1, 0.15) is 43.7 Å². The van der Waals surface area contributed by atoms with Crippen LogP contribution in [0.4, 0.5) is 4.79 Å². The Morgan fingerprint density at radius 3 is 2.34 bits per heavy atom. The summed E-state index contributed by atoms with van der Waals surface area (Å²) in [6.45, 7) is 2.56. The number of amides is 1. The van der Waals surface area contributed by atoms with Crippen molar-refractivity contribution in [2.75, 3.05) is 6.61 Å². The van der Waals surface area contributed by atoms with E-state index < -0.39 is 18.1 Å². The SMILES string of the molecule is CCCCCCOC(=O)C(Cc1ccc(O)cc1)NC(=O)OCc1ccccc1. The third-order valence-electron chi connectivity index (χ3n) is 4.41. The van der Waals surface area contributed by atoms with Gasteiger partial charge in [0.05, 0.1) is 6.61 Å². The highest BCUT2D eigenvalue weighted by atomic mass is 16.6. The van der Waals surface area contributed by atoms with Crippen molar-refractivity contribution >= 4 is 12.1 Å². The second-order valence-electron chi connectivity index (χ2n) is 6.86. The van der Waals surface area contributed by atoms with Crippen LogP contribution in [0.15, 0.2) is 54.6 Å². The lowest BCUT2D eigenvalue weighted by Gasteiger charge is -2.18. The molecule has 2 rings (SSSR count). The monoisotopic (exact) mass is 399 g/mol. The van der Waals surface area contributed by atoms with Crippen LogP contribution in [0.5, 0.6) is 5.75 Å². The fraction of sp³-hybridized carbons (Fsp3) is 0.391. The molecular weight excluding hydrogens is 370 g/mol. The van der Waals surface area contributed by atoms with Crippen molar-refractivity contribution in [3.05, 3.63) is 65.7 Å². The maximum Gasteiger partial charge on any atom is 0.408 e. The van der Waals surface area contributed by atoms with Gasteiger partial charge in [-0.25, -0.2) is 9.59 Å². The first-order valence-corrected chi connectivity index (χ1v) is 10.00. The lowest BCUT2D eigenvalue weighted by Crippen LogP contribution is -2.43. The normalized spacial score (nSPS) is 11.5. The Balaban J connectivity index is 1.92. The minimum absolute atomic E-state index is 0.116. The summed E-state index contributed by atoms with van der Waals surface area (Å²) in [5.74, 6) is -0.356. The van der Waals surface area contributed by atoms with E-state index in [1.165, 1.54) is 12.1 Å². The summed E-state index contributed by atoms with van der Waals surface area (Å²) in [6.07, 6.45) is 3.56. The summed E-state index contributed by atoms with van der Waals surface area (Å²) in [6, 6.07) is 14.9. The molecule has 0 spiro atoms. The van der Waals surface area contributed by atoms with Crippen LogP contribution in [0.2, 0.25) is 0 Å². The summed E-state index contributed by atoms with van der Waals surface area (Å²) < 4.78 is 10.6. The van der Waals surface area contributed by atoms with Crippen LogP contribution in [0.25, 0.3) is 0 Å². The molecule has 0 heterocycles.